The number of hydrogen-bond donors (Lipinski definition) is 2. The summed E-state index contributed by atoms with van der Waals surface area (Å²) < 4.78 is 25.6. The predicted octanol–water partition coefficient (Wildman–Crippen LogP) is -0.0259. The SMILES string of the molecule is Cc1cc2ccccc2n2c(=O)n(CCNC(=O)CN[C@@H]3C=CS(=O)(=O)C3)nc12. The molecule has 10 heteroatoms. The lowest BCUT2D eigenvalue weighted by Crippen LogP contribution is -2.41. The van der Waals surface area contributed by atoms with E-state index in [-0.39, 0.29) is 43.0 Å². The number of benzene rings is 1. The Hall–Kier alpha value is -2.98. The summed E-state index contributed by atoms with van der Waals surface area (Å²) in [6, 6.07) is 9.25. The van der Waals surface area contributed by atoms with E-state index in [1.807, 2.05) is 37.3 Å². The lowest BCUT2D eigenvalue weighted by Gasteiger charge is -2.10. The van der Waals surface area contributed by atoms with Crippen molar-refractivity contribution in [1.29, 1.82) is 0 Å². The standard InChI is InChI=1S/C19H21N5O4S/c1-13-10-14-4-2-3-5-16(14)24-18(13)22-23(19(24)26)8-7-20-17(25)11-21-15-6-9-29(27,28)12-15/h2-6,9-10,15,21H,7-8,11-12H2,1H3,(H,20,25)/t15-/m1/s1. The molecular weight excluding hydrogens is 394 g/mol. The lowest BCUT2D eigenvalue weighted by atomic mass is 10.1. The van der Waals surface area contributed by atoms with Crippen LogP contribution in [0.3, 0.4) is 0 Å². The van der Waals surface area contributed by atoms with Gasteiger partial charge in [-0.15, -0.1) is 5.10 Å². The average Bonchev–Trinajstić information content (AvgIpc) is 3.20. The number of fused-ring (bicyclic) bond motifs is 3. The monoisotopic (exact) mass is 415 g/mol. The molecule has 0 fully saturated rings. The number of hydrogen-bond acceptors (Lipinski definition) is 6. The second-order valence-electron chi connectivity index (χ2n) is 7.05. The maximum Gasteiger partial charge on any atom is 0.350 e. The number of aromatic nitrogens is 3. The first-order chi connectivity index (χ1) is 13.8. The summed E-state index contributed by atoms with van der Waals surface area (Å²) >= 11 is 0. The third-order valence-corrected chi connectivity index (χ3v) is 6.24. The van der Waals surface area contributed by atoms with Crippen molar-refractivity contribution in [3.63, 3.8) is 0 Å². The number of carbonyl (C=O) groups is 1. The number of amides is 1. The highest BCUT2D eigenvalue weighted by Gasteiger charge is 2.21. The normalized spacial score (nSPS) is 17.9. The zero-order valence-electron chi connectivity index (χ0n) is 15.8. The first kappa shape index (κ1) is 19.3. The molecule has 4 rings (SSSR count). The molecule has 9 nitrogen and oxygen atoms in total. The summed E-state index contributed by atoms with van der Waals surface area (Å²) in [5.74, 6) is -0.314. The molecule has 0 radical (unpaired) electrons. The number of nitrogens with zero attached hydrogens (tertiary/aromatic N) is 3. The first-order valence-electron chi connectivity index (χ1n) is 9.23. The minimum absolute atomic E-state index is 0.00562. The van der Waals surface area contributed by atoms with Crippen LogP contribution in [0.25, 0.3) is 16.6 Å². The number of pyridine rings is 1. The topological polar surface area (TPSA) is 115 Å². The van der Waals surface area contributed by atoms with Crippen molar-refractivity contribution in [2.24, 2.45) is 0 Å². The van der Waals surface area contributed by atoms with Crippen molar-refractivity contribution in [3.05, 3.63) is 57.9 Å². The molecule has 152 valence electrons. The Morgan fingerprint density at radius 1 is 1.31 bits per heavy atom. The molecule has 0 aliphatic carbocycles. The van der Waals surface area contributed by atoms with Crippen LogP contribution in [0.1, 0.15) is 5.56 Å². The van der Waals surface area contributed by atoms with Crippen LogP contribution in [0.2, 0.25) is 0 Å². The fourth-order valence-electron chi connectivity index (χ4n) is 3.43. The van der Waals surface area contributed by atoms with Gasteiger partial charge in [-0.3, -0.25) is 4.79 Å². The van der Waals surface area contributed by atoms with Crippen LogP contribution in [0.4, 0.5) is 0 Å². The van der Waals surface area contributed by atoms with Crippen LogP contribution < -0.4 is 16.3 Å². The summed E-state index contributed by atoms with van der Waals surface area (Å²) in [7, 11) is -3.16. The predicted molar refractivity (Wildman–Crippen MR) is 109 cm³/mol. The van der Waals surface area contributed by atoms with E-state index < -0.39 is 9.84 Å². The van der Waals surface area contributed by atoms with Gasteiger partial charge >= 0.3 is 5.69 Å². The van der Waals surface area contributed by atoms with Crippen molar-refractivity contribution in [2.75, 3.05) is 18.8 Å². The third kappa shape index (κ3) is 3.94. The number of nitrogens with one attached hydrogen (secondary N) is 2. The highest BCUT2D eigenvalue weighted by molar-refractivity contribution is 7.94. The quantitative estimate of drug-likeness (QED) is 0.585. The van der Waals surface area contributed by atoms with Gasteiger partial charge in [0.25, 0.3) is 0 Å². The summed E-state index contributed by atoms with van der Waals surface area (Å²) in [6.07, 6.45) is 1.53. The van der Waals surface area contributed by atoms with Gasteiger partial charge in [0, 0.05) is 18.0 Å². The minimum atomic E-state index is -3.16. The van der Waals surface area contributed by atoms with Gasteiger partial charge in [0.05, 0.1) is 24.4 Å². The molecule has 1 aliphatic heterocycles. The van der Waals surface area contributed by atoms with E-state index in [4.69, 9.17) is 0 Å². The molecule has 1 atom stereocenters. The number of rotatable bonds is 6. The molecule has 0 bridgehead atoms. The molecule has 1 aliphatic rings. The van der Waals surface area contributed by atoms with Gasteiger partial charge in [-0.2, -0.15) is 0 Å². The summed E-state index contributed by atoms with van der Waals surface area (Å²) in [6.45, 7) is 2.37. The fraction of sp³-hybridized carbons (Fsp3) is 0.316. The molecule has 3 heterocycles. The van der Waals surface area contributed by atoms with E-state index >= 15 is 0 Å². The Bertz CT molecular complexity index is 1290. The summed E-state index contributed by atoms with van der Waals surface area (Å²) in [4.78, 5) is 24.8. The smallest absolute Gasteiger partial charge is 0.350 e. The van der Waals surface area contributed by atoms with Crippen molar-refractivity contribution in [2.45, 2.75) is 19.5 Å². The van der Waals surface area contributed by atoms with Crippen LogP contribution in [-0.4, -0.2) is 53.4 Å². The van der Waals surface area contributed by atoms with E-state index in [9.17, 15) is 18.0 Å². The minimum Gasteiger partial charge on any atom is -0.353 e. The first-order valence-corrected chi connectivity index (χ1v) is 10.9. The molecular formula is C19H21N5O4S. The van der Waals surface area contributed by atoms with Gasteiger partial charge in [-0.05, 0) is 30.0 Å². The van der Waals surface area contributed by atoms with Crippen molar-refractivity contribution >= 4 is 32.3 Å². The largest absolute Gasteiger partial charge is 0.353 e. The van der Waals surface area contributed by atoms with Crippen LogP contribution >= 0.6 is 0 Å². The average molecular weight is 415 g/mol. The molecule has 0 spiro atoms. The van der Waals surface area contributed by atoms with Crippen LogP contribution in [0.5, 0.6) is 0 Å². The molecule has 2 N–H and O–H groups in total. The molecule has 3 aromatic rings. The Kier molecular flexibility index (Phi) is 4.97. The van der Waals surface area contributed by atoms with Crippen LogP contribution in [-0.2, 0) is 21.2 Å². The van der Waals surface area contributed by atoms with Gasteiger partial charge in [0.1, 0.15) is 0 Å². The zero-order valence-corrected chi connectivity index (χ0v) is 16.6. The second-order valence-corrected chi connectivity index (χ2v) is 8.98. The number of para-hydroxylation sites is 1. The highest BCUT2D eigenvalue weighted by Crippen LogP contribution is 2.17. The van der Waals surface area contributed by atoms with Crippen molar-refractivity contribution < 1.29 is 13.2 Å². The molecule has 1 amide bonds. The Morgan fingerprint density at radius 2 is 2.10 bits per heavy atom. The maximum absolute atomic E-state index is 12.8. The molecule has 0 unspecified atom stereocenters. The van der Waals surface area contributed by atoms with E-state index in [1.54, 1.807) is 4.40 Å². The van der Waals surface area contributed by atoms with Gasteiger partial charge in [0.15, 0.2) is 15.5 Å². The zero-order chi connectivity index (χ0) is 20.6. The molecule has 1 aromatic carbocycles. The molecule has 0 saturated carbocycles. The number of sulfone groups is 1. The summed E-state index contributed by atoms with van der Waals surface area (Å²) in [5.41, 5.74) is 2.02. The summed E-state index contributed by atoms with van der Waals surface area (Å²) in [5, 5.41) is 12.1. The van der Waals surface area contributed by atoms with Gasteiger partial charge in [0.2, 0.25) is 5.91 Å². The molecule has 29 heavy (non-hydrogen) atoms. The highest BCUT2D eigenvalue weighted by atomic mass is 32.2. The van der Waals surface area contributed by atoms with Gasteiger partial charge in [-0.1, -0.05) is 24.3 Å². The van der Waals surface area contributed by atoms with Crippen LogP contribution in [0.15, 0.2) is 46.6 Å². The third-order valence-electron chi connectivity index (χ3n) is 4.84. The maximum atomic E-state index is 12.8. The fourth-order valence-corrected chi connectivity index (χ4v) is 4.70. The van der Waals surface area contributed by atoms with Gasteiger partial charge in [-0.25, -0.2) is 22.3 Å². The Morgan fingerprint density at radius 3 is 2.86 bits per heavy atom. The van der Waals surface area contributed by atoms with Gasteiger partial charge < -0.3 is 10.6 Å². The van der Waals surface area contributed by atoms with Crippen LogP contribution in [0, 0.1) is 6.92 Å². The van der Waals surface area contributed by atoms with E-state index in [0.717, 1.165) is 21.9 Å². The van der Waals surface area contributed by atoms with E-state index in [1.165, 1.54) is 10.8 Å². The molecule has 0 saturated heterocycles. The Balaban J connectivity index is 1.40. The molecule has 2 aromatic heterocycles. The number of aryl methyl sites for hydroxylation is 1. The number of carbonyl (C=O) groups excluding carboxylic acids is 1. The van der Waals surface area contributed by atoms with E-state index in [0.29, 0.717) is 5.65 Å². The second kappa shape index (κ2) is 7.45. The van der Waals surface area contributed by atoms with E-state index in [2.05, 4.69) is 15.7 Å². The lowest BCUT2D eigenvalue weighted by molar-refractivity contribution is -0.120. The Labute approximate surface area is 166 Å². The van der Waals surface area contributed by atoms with Crippen molar-refractivity contribution in [3.8, 4) is 0 Å². The van der Waals surface area contributed by atoms with Crippen molar-refractivity contribution in [1.82, 2.24) is 24.8 Å².